The Bertz CT molecular complexity index is 689. The first kappa shape index (κ1) is 10.5. The SMILES string of the molecule is O=C1NC(=O)/C(=C/c2ccc3ccccc3c2)N1. The summed E-state index contributed by atoms with van der Waals surface area (Å²) in [6.07, 6.45) is 1.66. The van der Waals surface area contributed by atoms with Crippen molar-refractivity contribution in [2.24, 2.45) is 0 Å². The second kappa shape index (κ2) is 4.00. The molecule has 3 rings (SSSR count). The van der Waals surface area contributed by atoms with E-state index in [2.05, 4.69) is 10.6 Å². The standard InChI is InChI=1S/C14H10N2O2/c17-13-12(15-14(18)16-13)8-9-5-6-10-3-1-2-4-11(10)7-9/h1-8H,(H2,15,16,17,18)/b12-8-. The molecular weight excluding hydrogens is 228 g/mol. The molecule has 0 atom stereocenters. The Kier molecular flexibility index (Phi) is 2.34. The van der Waals surface area contributed by atoms with E-state index in [0.717, 1.165) is 16.3 Å². The zero-order valence-corrected chi connectivity index (χ0v) is 9.44. The lowest BCUT2D eigenvalue weighted by Gasteiger charge is -2.00. The van der Waals surface area contributed by atoms with E-state index >= 15 is 0 Å². The molecular formula is C14H10N2O2. The van der Waals surface area contributed by atoms with Gasteiger partial charge in [0.05, 0.1) is 0 Å². The highest BCUT2D eigenvalue weighted by Gasteiger charge is 2.22. The smallest absolute Gasteiger partial charge is 0.303 e. The second-order valence-electron chi connectivity index (χ2n) is 4.07. The molecule has 2 aromatic carbocycles. The minimum atomic E-state index is -0.480. The summed E-state index contributed by atoms with van der Waals surface area (Å²) in [5.41, 5.74) is 1.15. The van der Waals surface area contributed by atoms with Crippen LogP contribution in [0.3, 0.4) is 0 Å². The van der Waals surface area contributed by atoms with Crippen LogP contribution in [-0.2, 0) is 4.79 Å². The highest BCUT2D eigenvalue weighted by atomic mass is 16.2. The molecule has 0 unspecified atom stereocenters. The maximum absolute atomic E-state index is 11.4. The molecule has 0 aromatic heterocycles. The number of fused-ring (bicyclic) bond motifs is 1. The maximum Gasteiger partial charge on any atom is 0.326 e. The monoisotopic (exact) mass is 238 g/mol. The number of hydrogen-bond donors (Lipinski definition) is 2. The van der Waals surface area contributed by atoms with Crippen molar-refractivity contribution in [3.8, 4) is 0 Å². The Morgan fingerprint density at radius 3 is 2.39 bits per heavy atom. The van der Waals surface area contributed by atoms with E-state index in [1.807, 2.05) is 42.5 Å². The van der Waals surface area contributed by atoms with E-state index < -0.39 is 11.9 Å². The van der Waals surface area contributed by atoms with E-state index in [-0.39, 0.29) is 5.70 Å². The van der Waals surface area contributed by atoms with Crippen LogP contribution in [-0.4, -0.2) is 11.9 Å². The predicted octanol–water partition coefficient (Wildman–Crippen LogP) is 2.02. The number of benzene rings is 2. The van der Waals surface area contributed by atoms with Crippen molar-refractivity contribution in [3.05, 3.63) is 53.7 Å². The Hall–Kier alpha value is -2.62. The Morgan fingerprint density at radius 2 is 1.67 bits per heavy atom. The summed E-state index contributed by atoms with van der Waals surface area (Å²) in [5, 5.41) is 6.86. The van der Waals surface area contributed by atoms with Gasteiger partial charge in [-0.25, -0.2) is 4.79 Å². The fourth-order valence-electron chi connectivity index (χ4n) is 1.95. The van der Waals surface area contributed by atoms with Crippen molar-refractivity contribution in [2.75, 3.05) is 0 Å². The molecule has 1 aliphatic heterocycles. The summed E-state index contributed by atoms with van der Waals surface area (Å²) < 4.78 is 0. The van der Waals surface area contributed by atoms with Crippen LogP contribution in [0.5, 0.6) is 0 Å². The summed E-state index contributed by atoms with van der Waals surface area (Å²) in [6, 6.07) is 13.4. The molecule has 1 heterocycles. The number of hydrogen-bond acceptors (Lipinski definition) is 2. The predicted molar refractivity (Wildman–Crippen MR) is 68.6 cm³/mol. The van der Waals surface area contributed by atoms with Crippen LogP contribution in [0.25, 0.3) is 16.8 Å². The molecule has 0 aliphatic carbocycles. The van der Waals surface area contributed by atoms with Crippen molar-refractivity contribution < 1.29 is 9.59 Å². The summed E-state index contributed by atoms with van der Waals surface area (Å²) in [7, 11) is 0. The molecule has 0 radical (unpaired) electrons. The number of carbonyl (C=O) groups is 2. The largest absolute Gasteiger partial charge is 0.326 e. The Labute approximate surface area is 103 Å². The first-order valence-corrected chi connectivity index (χ1v) is 5.55. The lowest BCUT2D eigenvalue weighted by Crippen LogP contribution is -2.22. The van der Waals surface area contributed by atoms with Gasteiger partial charge in [-0.05, 0) is 28.5 Å². The summed E-state index contributed by atoms with van der Waals surface area (Å²) in [6.45, 7) is 0. The molecule has 88 valence electrons. The first-order chi connectivity index (χ1) is 8.72. The van der Waals surface area contributed by atoms with E-state index in [1.165, 1.54) is 0 Å². The zero-order valence-electron chi connectivity index (χ0n) is 9.44. The van der Waals surface area contributed by atoms with Crippen molar-refractivity contribution in [2.45, 2.75) is 0 Å². The van der Waals surface area contributed by atoms with Gasteiger partial charge in [-0.3, -0.25) is 10.1 Å². The third-order valence-corrected chi connectivity index (χ3v) is 2.80. The Morgan fingerprint density at radius 1 is 0.889 bits per heavy atom. The highest BCUT2D eigenvalue weighted by molar-refractivity contribution is 6.14. The van der Waals surface area contributed by atoms with E-state index in [4.69, 9.17) is 0 Å². The van der Waals surface area contributed by atoms with Gasteiger partial charge in [-0.1, -0.05) is 36.4 Å². The van der Waals surface area contributed by atoms with E-state index in [9.17, 15) is 9.59 Å². The molecule has 1 aliphatic rings. The average molecular weight is 238 g/mol. The molecule has 2 aromatic rings. The fraction of sp³-hybridized carbons (Fsp3) is 0. The molecule has 2 N–H and O–H groups in total. The second-order valence-corrected chi connectivity index (χ2v) is 4.07. The van der Waals surface area contributed by atoms with Crippen molar-refractivity contribution in [1.82, 2.24) is 10.6 Å². The number of urea groups is 1. The van der Waals surface area contributed by atoms with Crippen molar-refractivity contribution in [1.29, 1.82) is 0 Å². The van der Waals surface area contributed by atoms with Crippen LogP contribution in [0.1, 0.15) is 5.56 Å². The third kappa shape index (κ3) is 1.84. The summed E-state index contributed by atoms with van der Waals surface area (Å²) >= 11 is 0. The lowest BCUT2D eigenvalue weighted by molar-refractivity contribution is -0.115. The van der Waals surface area contributed by atoms with Crippen LogP contribution in [0, 0.1) is 0 Å². The molecule has 1 saturated heterocycles. The topological polar surface area (TPSA) is 58.2 Å². The summed E-state index contributed by atoms with van der Waals surface area (Å²) in [4.78, 5) is 22.4. The number of rotatable bonds is 1. The van der Waals surface area contributed by atoms with Gasteiger partial charge in [-0.2, -0.15) is 0 Å². The van der Waals surface area contributed by atoms with Crippen LogP contribution >= 0.6 is 0 Å². The quantitative estimate of drug-likeness (QED) is 0.590. The molecule has 0 spiro atoms. The van der Waals surface area contributed by atoms with E-state index in [0.29, 0.717) is 0 Å². The minimum absolute atomic E-state index is 0.273. The zero-order chi connectivity index (χ0) is 12.5. The van der Waals surface area contributed by atoms with E-state index in [1.54, 1.807) is 6.08 Å². The van der Waals surface area contributed by atoms with Gasteiger partial charge in [0.2, 0.25) is 0 Å². The summed E-state index contributed by atoms with van der Waals surface area (Å²) in [5.74, 6) is -0.395. The van der Waals surface area contributed by atoms with Gasteiger partial charge >= 0.3 is 6.03 Å². The number of carbonyl (C=O) groups excluding carboxylic acids is 2. The molecule has 0 saturated carbocycles. The van der Waals surface area contributed by atoms with Gasteiger partial charge in [-0.15, -0.1) is 0 Å². The minimum Gasteiger partial charge on any atom is -0.303 e. The van der Waals surface area contributed by atoms with Gasteiger partial charge in [0.25, 0.3) is 5.91 Å². The van der Waals surface area contributed by atoms with Gasteiger partial charge in [0.1, 0.15) is 5.70 Å². The van der Waals surface area contributed by atoms with Gasteiger partial charge < -0.3 is 5.32 Å². The molecule has 4 heteroatoms. The van der Waals surface area contributed by atoms with Gasteiger partial charge in [0.15, 0.2) is 0 Å². The normalized spacial score (nSPS) is 17.0. The molecule has 4 nitrogen and oxygen atoms in total. The molecule has 3 amide bonds. The fourth-order valence-corrected chi connectivity index (χ4v) is 1.95. The van der Waals surface area contributed by atoms with Gasteiger partial charge in [0, 0.05) is 0 Å². The van der Waals surface area contributed by atoms with Crippen LogP contribution in [0.2, 0.25) is 0 Å². The first-order valence-electron chi connectivity index (χ1n) is 5.55. The van der Waals surface area contributed by atoms with Crippen molar-refractivity contribution >= 4 is 28.8 Å². The van der Waals surface area contributed by atoms with Crippen LogP contribution in [0.4, 0.5) is 4.79 Å². The molecule has 18 heavy (non-hydrogen) atoms. The lowest BCUT2D eigenvalue weighted by atomic mass is 10.1. The third-order valence-electron chi connectivity index (χ3n) is 2.80. The molecule has 0 bridgehead atoms. The average Bonchev–Trinajstić information content (AvgIpc) is 2.68. The highest BCUT2D eigenvalue weighted by Crippen LogP contribution is 2.17. The Balaban J connectivity index is 2.02. The number of imide groups is 1. The van der Waals surface area contributed by atoms with Crippen molar-refractivity contribution in [3.63, 3.8) is 0 Å². The molecule has 1 fully saturated rings. The maximum atomic E-state index is 11.4. The van der Waals surface area contributed by atoms with Crippen LogP contribution in [0.15, 0.2) is 48.2 Å². The van der Waals surface area contributed by atoms with Crippen LogP contribution < -0.4 is 10.6 Å². The number of amides is 3. The number of nitrogens with one attached hydrogen (secondary N) is 2.